The molecule has 12 nitrogen and oxygen atoms in total. The van der Waals surface area contributed by atoms with Crippen LogP contribution in [0.5, 0.6) is 0 Å². The molecule has 14 heteroatoms. The summed E-state index contributed by atoms with van der Waals surface area (Å²) < 4.78 is 60.9. The molecule has 0 spiro atoms. The second kappa shape index (κ2) is 14.7. The first-order valence-electron chi connectivity index (χ1n) is 12.0. The van der Waals surface area contributed by atoms with Crippen molar-refractivity contribution in [2.45, 2.75) is 92.8 Å². The summed E-state index contributed by atoms with van der Waals surface area (Å²) in [4.78, 5) is 16.4. The van der Waals surface area contributed by atoms with Crippen LogP contribution in [0, 0.1) is 6.92 Å². The van der Waals surface area contributed by atoms with E-state index in [0.29, 0.717) is 5.56 Å². The van der Waals surface area contributed by atoms with Crippen molar-refractivity contribution in [2.75, 3.05) is 31.6 Å². The van der Waals surface area contributed by atoms with Crippen molar-refractivity contribution >= 4 is 21.0 Å². The van der Waals surface area contributed by atoms with Gasteiger partial charge in [-0.05, 0) is 62.3 Å². The van der Waals surface area contributed by atoms with Crippen LogP contribution in [0.3, 0.4) is 0 Å². The van der Waals surface area contributed by atoms with Gasteiger partial charge >= 0.3 is 20.9 Å². The van der Waals surface area contributed by atoms with Crippen molar-refractivity contribution < 1.29 is 36.7 Å². The normalized spacial score (nSPS) is 13.2. The van der Waals surface area contributed by atoms with Crippen LogP contribution in [0.4, 0.5) is 5.82 Å². The molecule has 0 fully saturated rings. The molecule has 0 aliphatic rings. The number of aryl methyl sites for hydroxylation is 1. The second-order valence-electron chi connectivity index (χ2n) is 9.49. The Balaban J connectivity index is 3.07. The Morgan fingerprint density at radius 1 is 0.806 bits per heavy atom. The van der Waals surface area contributed by atoms with Crippen LogP contribution in [0.2, 0.25) is 0 Å². The van der Waals surface area contributed by atoms with Crippen LogP contribution in [0.25, 0.3) is 0 Å². The van der Waals surface area contributed by atoms with Crippen molar-refractivity contribution in [3.63, 3.8) is 0 Å². The van der Waals surface area contributed by atoms with Gasteiger partial charge in [0.25, 0.3) is 0 Å². The minimum Gasteiger partial charge on any atom is -0.383 e. The zero-order valence-corrected chi connectivity index (χ0v) is 24.6. The van der Waals surface area contributed by atoms with E-state index >= 15 is 0 Å². The van der Waals surface area contributed by atoms with E-state index in [2.05, 4.69) is 4.98 Å². The first-order chi connectivity index (χ1) is 16.6. The first kappa shape index (κ1) is 32.9. The molecule has 0 aromatic carbocycles. The van der Waals surface area contributed by atoms with Gasteiger partial charge in [-0.3, -0.25) is 13.7 Å². The van der Waals surface area contributed by atoms with Gasteiger partial charge in [-0.15, -0.1) is 0 Å². The highest BCUT2D eigenvalue weighted by Crippen LogP contribution is 2.51. The Morgan fingerprint density at radius 2 is 1.17 bits per heavy atom. The fourth-order valence-electron chi connectivity index (χ4n) is 3.11. The fourth-order valence-corrected chi connectivity index (χ4v) is 6.68. The molecule has 1 aromatic rings. The van der Waals surface area contributed by atoms with E-state index in [1.54, 1.807) is 62.3 Å². The van der Waals surface area contributed by atoms with E-state index in [1.165, 1.54) is 10.8 Å². The van der Waals surface area contributed by atoms with Gasteiger partial charge in [-0.25, -0.2) is 4.79 Å². The number of nitrogens with two attached hydrogens (primary N) is 1. The van der Waals surface area contributed by atoms with Crippen LogP contribution < -0.4 is 11.4 Å². The zero-order chi connectivity index (χ0) is 27.7. The fraction of sp³-hybridized carbons (Fsp3) is 0.818. The lowest BCUT2D eigenvalue weighted by atomic mass is 10.3. The molecule has 0 radical (unpaired) electrons. The van der Waals surface area contributed by atoms with Gasteiger partial charge < -0.3 is 33.3 Å². The maximum atomic E-state index is 13.1. The Labute approximate surface area is 214 Å². The topological polar surface area (TPSA) is 150 Å². The summed E-state index contributed by atoms with van der Waals surface area (Å²) in [5.41, 5.74) is 5.72. The van der Waals surface area contributed by atoms with Crippen LogP contribution in [-0.2, 0) is 36.7 Å². The third kappa shape index (κ3) is 12.0. The molecule has 210 valence electrons. The highest BCUT2D eigenvalue weighted by molar-refractivity contribution is 7.53. The van der Waals surface area contributed by atoms with Gasteiger partial charge in [-0.2, -0.15) is 4.98 Å². The summed E-state index contributed by atoms with van der Waals surface area (Å²) in [5, 5.41) is 0. The minimum absolute atomic E-state index is 0.0990. The number of hydrogen-bond donors (Lipinski definition) is 1. The number of rotatable bonds is 17. The number of nitrogen functional groups attached to an aromatic ring is 1. The number of hydrogen-bond acceptors (Lipinski definition) is 11. The quantitative estimate of drug-likeness (QED) is 0.266. The molecule has 1 heterocycles. The number of anilines is 1. The van der Waals surface area contributed by atoms with Gasteiger partial charge in [0.05, 0.1) is 43.7 Å². The van der Waals surface area contributed by atoms with Crippen molar-refractivity contribution in [1.82, 2.24) is 9.55 Å². The SMILES string of the molecule is Cc1cn(C(COCP(=O)(OC(C)C)OC(C)C)COCP(=O)(OC(C)C)OC(C)C)c(=O)nc1N. The molecule has 1 rings (SSSR count). The van der Waals surface area contributed by atoms with Crippen molar-refractivity contribution in [3.8, 4) is 0 Å². The molecule has 0 saturated heterocycles. The molecule has 0 saturated carbocycles. The Kier molecular flexibility index (Phi) is 13.5. The van der Waals surface area contributed by atoms with E-state index in [0.717, 1.165) is 0 Å². The molecular weight excluding hydrogens is 512 g/mol. The maximum Gasteiger partial charge on any atom is 0.356 e. The lowest BCUT2D eigenvalue weighted by molar-refractivity contribution is 0.0452. The van der Waals surface area contributed by atoms with Crippen molar-refractivity contribution in [3.05, 3.63) is 22.2 Å². The van der Waals surface area contributed by atoms with E-state index in [9.17, 15) is 13.9 Å². The average Bonchev–Trinajstić information content (AvgIpc) is 2.67. The Morgan fingerprint density at radius 3 is 1.50 bits per heavy atom. The summed E-state index contributed by atoms with van der Waals surface area (Å²) >= 11 is 0. The van der Waals surface area contributed by atoms with Crippen LogP contribution in [0.15, 0.2) is 11.0 Å². The number of nitrogens with zero attached hydrogens (tertiary/aromatic N) is 2. The Bertz CT molecular complexity index is 895. The summed E-state index contributed by atoms with van der Waals surface area (Å²) in [6.45, 7) is 15.4. The predicted molar refractivity (Wildman–Crippen MR) is 138 cm³/mol. The molecule has 1 aromatic heterocycles. The van der Waals surface area contributed by atoms with Gasteiger partial charge in [-0.1, -0.05) is 0 Å². The van der Waals surface area contributed by atoms with Crippen molar-refractivity contribution in [1.29, 1.82) is 0 Å². The number of aromatic nitrogens is 2. The lowest BCUT2D eigenvalue weighted by Gasteiger charge is -2.26. The standard InChI is InChI=1S/C22H43N3O9P2/c1-15(2)31-35(27,32-16(3)4)13-29-11-20(25-10-19(9)21(23)24-22(25)26)12-30-14-36(28,33-17(5)6)34-18(7)8/h10,15-18,20H,11-14H2,1-9H3,(H2,23,24,26). The monoisotopic (exact) mass is 555 g/mol. The lowest BCUT2D eigenvalue weighted by Crippen LogP contribution is -2.33. The van der Waals surface area contributed by atoms with Gasteiger partial charge in [0.1, 0.15) is 18.5 Å². The van der Waals surface area contributed by atoms with Crippen LogP contribution in [0.1, 0.15) is 67.0 Å². The molecule has 0 aliphatic carbocycles. The minimum atomic E-state index is -3.56. The molecule has 36 heavy (non-hydrogen) atoms. The highest BCUT2D eigenvalue weighted by atomic mass is 31.2. The van der Waals surface area contributed by atoms with Crippen LogP contribution >= 0.6 is 15.2 Å². The Hall–Kier alpha value is -1.10. The van der Waals surface area contributed by atoms with Gasteiger partial charge in [0.15, 0.2) is 0 Å². The molecule has 0 bridgehead atoms. The van der Waals surface area contributed by atoms with Crippen molar-refractivity contribution in [2.24, 2.45) is 0 Å². The molecule has 0 atom stereocenters. The smallest absolute Gasteiger partial charge is 0.356 e. The van der Waals surface area contributed by atoms with Gasteiger partial charge in [0, 0.05) is 11.8 Å². The first-order valence-corrected chi connectivity index (χ1v) is 15.4. The third-order valence-electron chi connectivity index (χ3n) is 4.17. The summed E-state index contributed by atoms with van der Waals surface area (Å²) in [7, 11) is -7.13. The predicted octanol–water partition coefficient (Wildman–Crippen LogP) is 4.71. The zero-order valence-electron chi connectivity index (χ0n) is 22.8. The average molecular weight is 556 g/mol. The van der Waals surface area contributed by atoms with Crippen LogP contribution in [-0.4, -0.2) is 59.9 Å². The molecular formula is C22H43N3O9P2. The molecule has 0 aliphatic heterocycles. The maximum absolute atomic E-state index is 13.1. The summed E-state index contributed by atoms with van der Waals surface area (Å²) in [5.74, 6) is 0.108. The highest BCUT2D eigenvalue weighted by Gasteiger charge is 2.31. The van der Waals surface area contributed by atoms with E-state index in [4.69, 9.17) is 33.3 Å². The third-order valence-corrected chi connectivity index (χ3v) is 8.14. The van der Waals surface area contributed by atoms with E-state index in [1.807, 2.05) is 0 Å². The van der Waals surface area contributed by atoms with E-state index < -0.39 is 26.9 Å². The largest absolute Gasteiger partial charge is 0.383 e. The molecule has 0 amide bonds. The summed E-state index contributed by atoms with van der Waals surface area (Å²) in [6, 6.07) is -0.720. The second-order valence-corrected chi connectivity index (χ2v) is 13.3. The molecule has 0 unspecified atom stereocenters. The van der Waals surface area contributed by atoms with Gasteiger partial charge in [0.2, 0.25) is 0 Å². The molecule has 2 N–H and O–H groups in total. The van der Waals surface area contributed by atoms with E-state index in [-0.39, 0.29) is 56.1 Å². The summed E-state index contributed by atoms with van der Waals surface area (Å²) in [6.07, 6.45) is -0.520. The number of ether oxygens (including phenoxy) is 2.